The van der Waals surface area contributed by atoms with E-state index in [0.717, 1.165) is 5.69 Å². The van der Waals surface area contributed by atoms with E-state index in [-0.39, 0.29) is 29.5 Å². The van der Waals surface area contributed by atoms with Gasteiger partial charge < -0.3 is 15.2 Å². The van der Waals surface area contributed by atoms with E-state index in [0.29, 0.717) is 28.2 Å². The Bertz CT molecular complexity index is 1080. The Balaban J connectivity index is 1.74. The third kappa shape index (κ3) is 6.04. The molecule has 1 aromatic carbocycles. The summed E-state index contributed by atoms with van der Waals surface area (Å²) in [5.74, 6) is 0.519. The van der Waals surface area contributed by atoms with E-state index in [9.17, 15) is 9.59 Å². The molecule has 0 bridgehead atoms. The molecule has 2 amide bonds. The van der Waals surface area contributed by atoms with Gasteiger partial charge in [-0.2, -0.15) is 0 Å². The zero-order valence-electron chi connectivity index (χ0n) is 18.2. The molecule has 1 atom stereocenters. The third-order valence-electron chi connectivity index (χ3n) is 4.52. The number of carbonyl (C=O) groups excluding carboxylic acids is 2. The first-order valence-corrected chi connectivity index (χ1v) is 12.0. The summed E-state index contributed by atoms with van der Waals surface area (Å²) >= 11 is 2.67. The van der Waals surface area contributed by atoms with Gasteiger partial charge in [-0.3, -0.25) is 9.59 Å². The van der Waals surface area contributed by atoms with Crippen LogP contribution in [-0.4, -0.2) is 37.3 Å². The summed E-state index contributed by atoms with van der Waals surface area (Å²) < 4.78 is 1.88. The molecule has 0 unspecified atom stereocenters. The second-order valence-corrected chi connectivity index (χ2v) is 9.23. The van der Waals surface area contributed by atoms with Gasteiger partial charge in [0.25, 0.3) is 5.91 Å². The monoisotopic (exact) mass is 470 g/mol. The number of nitrogens with zero attached hydrogens (tertiary/aromatic N) is 4. The van der Waals surface area contributed by atoms with E-state index < -0.39 is 0 Å². The highest BCUT2D eigenvalue weighted by Crippen LogP contribution is 2.26. The first kappa shape index (κ1) is 23.7. The Morgan fingerprint density at radius 2 is 2.00 bits per heavy atom. The van der Waals surface area contributed by atoms with E-state index in [1.807, 2.05) is 48.9 Å². The summed E-state index contributed by atoms with van der Waals surface area (Å²) in [5.41, 5.74) is 1.45. The summed E-state index contributed by atoms with van der Waals surface area (Å²) in [7, 11) is 0. The number of amides is 2. The van der Waals surface area contributed by atoms with Crippen molar-refractivity contribution < 1.29 is 9.59 Å². The zero-order valence-corrected chi connectivity index (χ0v) is 19.9. The zero-order chi connectivity index (χ0) is 23.1. The lowest BCUT2D eigenvalue weighted by atomic mass is 10.0. The second kappa shape index (κ2) is 11.1. The van der Waals surface area contributed by atoms with Gasteiger partial charge in [-0.25, -0.2) is 4.98 Å². The van der Waals surface area contributed by atoms with Crippen LogP contribution in [-0.2, 0) is 11.3 Å². The average Bonchev–Trinajstić information content (AvgIpc) is 3.36. The Morgan fingerprint density at radius 1 is 1.25 bits per heavy atom. The molecule has 10 heteroatoms. The van der Waals surface area contributed by atoms with Gasteiger partial charge in [0.05, 0.1) is 17.5 Å². The second-order valence-electron chi connectivity index (χ2n) is 7.43. The first-order chi connectivity index (χ1) is 15.4. The molecule has 0 aliphatic rings. The molecule has 3 aromatic rings. The number of thiazole rings is 1. The van der Waals surface area contributed by atoms with Gasteiger partial charge in [0.15, 0.2) is 16.1 Å². The molecule has 0 saturated heterocycles. The fraction of sp³-hybridized carbons (Fsp3) is 0.318. The molecule has 0 fully saturated rings. The minimum Gasteiger partial charge on any atom is -0.342 e. The number of benzene rings is 1. The highest BCUT2D eigenvalue weighted by atomic mass is 32.2. The smallest absolute Gasteiger partial charge is 0.251 e. The molecular formula is C22H26N6O2S2. The maximum Gasteiger partial charge on any atom is 0.251 e. The minimum absolute atomic E-state index is 0.0738. The predicted molar refractivity (Wildman–Crippen MR) is 128 cm³/mol. The van der Waals surface area contributed by atoms with Crippen LogP contribution in [0.1, 0.15) is 41.8 Å². The lowest BCUT2D eigenvalue weighted by Crippen LogP contribution is -2.33. The number of hydrogen-bond donors (Lipinski definition) is 2. The van der Waals surface area contributed by atoms with Crippen molar-refractivity contribution in [3.8, 4) is 0 Å². The minimum atomic E-state index is -0.350. The van der Waals surface area contributed by atoms with Crippen LogP contribution in [0.25, 0.3) is 0 Å². The molecule has 0 radical (unpaired) electrons. The number of carbonyl (C=O) groups is 2. The first-order valence-electron chi connectivity index (χ1n) is 10.1. The van der Waals surface area contributed by atoms with Crippen molar-refractivity contribution in [2.75, 3.05) is 11.1 Å². The number of aromatic nitrogens is 4. The Labute approximate surface area is 195 Å². The number of anilines is 1. The number of thioether (sulfide) groups is 1. The lowest BCUT2D eigenvalue weighted by molar-refractivity contribution is -0.113. The molecular weight excluding hydrogens is 444 g/mol. The summed E-state index contributed by atoms with van der Waals surface area (Å²) in [4.78, 5) is 29.3. The maximum absolute atomic E-state index is 12.7. The Morgan fingerprint density at radius 3 is 2.62 bits per heavy atom. The normalized spacial score (nSPS) is 11.9. The van der Waals surface area contributed by atoms with E-state index >= 15 is 0 Å². The molecule has 32 heavy (non-hydrogen) atoms. The Hall–Kier alpha value is -2.98. The molecule has 168 valence electrons. The molecule has 2 heterocycles. The van der Waals surface area contributed by atoms with Gasteiger partial charge in [0.1, 0.15) is 0 Å². The molecule has 0 saturated carbocycles. The molecule has 3 rings (SSSR count). The topological polar surface area (TPSA) is 102 Å². The fourth-order valence-corrected chi connectivity index (χ4v) is 4.44. The van der Waals surface area contributed by atoms with E-state index in [1.165, 1.54) is 23.1 Å². The molecule has 0 aliphatic heterocycles. The largest absolute Gasteiger partial charge is 0.342 e. The summed E-state index contributed by atoms with van der Waals surface area (Å²) in [6, 6.07) is 8.71. The van der Waals surface area contributed by atoms with Crippen LogP contribution in [0.3, 0.4) is 0 Å². The van der Waals surface area contributed by atoms with Gasteiger partial charge in [0.2, 0.25) is 5.91 Å². The van der Waals surface area contributed by atoms with Crippen molar-refractivity contribution in [2.45, 2.75) is 38.5 Å². The van der Waals surface area contributed by atoms with Crippen LogP contribution in [0.2, 0.25) is 0 Å². The van der Waals surface area contributed by atoms with Crippen LogP contribution in [0.4, 0.5) is 5.13 Å². The number of aryl methyl sites for hydroxylation is 1. The third-order valence-corrected chi connectivity index (χ3v) is 6.36. The highest BCUT2D eigenvalue weighted by Gasteiger charge is 2.26. The van der Waals surface area contributed by atoms with E-state index in [4.69, 9.17) is 0 Å². The van der Waals surface area contributed by atoms with Gasteiger partial charge in [-0.05, 0) is 25.0 Å². The highest BCUT2D eigenvalue weighted by molar-refractivity contribution is 7.99. The molecule has 2 aromatic heterocycles. The molecule has 2 N–H and O–H groups in total. The van der Waals surface area contributed by atoms with Crippen molar-refractivity contribution in [3.05, 3.63) is 65.4 Å². The van der Waals surface area contributed by atoms with Crippen molar-refractivity contribution in [1.29, 1.82) is 0 Å². The predicted octanol–water partition coefficient (Wildman–Crippen LogP) is 4.09. The Kier molecular flexibility index (Phi) is 8.18. The van der Waals surface area contributed by atoms with Crippen LogP contribution in [0.15, 0.2) is 53.5 Å². The number of nitrogens with one attached hydrogen (secondary N) is 2. The number of allylic oxidation sites excluding steroid dienone is 1. The van der Waals surface area contributed by atoms with Crippen LogP contribution in [0.5, 0.6) is 0 Å². The lowest BCUT2D eigenvalue weighted by Gasteiger charge is -2.22. The van der Waals surface area contributed by atoms with Crippen molar-refractivity contribution in [1.82, 2.24) is 25.1 Å². The quantitative estimate of drug-likeness (QED) is 0.342. The van der Waals surface area contributed by atoms with Gasteiger partial charge in [0, 0.05) is 17.5 Å². The van der Waals surface area contributed by atoms with Crippen LogP contribution < -0.4 is 10.6 Å². The van der Waals surface area contributed by atoms with Gasteiger partial charge in [-0.1, -0.05) is 49.9 Å². The van der Waals surface area contributed by atoms with Crippen LogP contribution >= 0.6 is 23.1 Å². The van der Waals surface area contributed by atoms with E-state index in [2.05, 4.69) is 32.4 Å². The van der Waals surface area contributed by atoms with Crippen molar-refractivity contribution >= 4 is 40.0 Å². The molecule has 8 nitrogen and oxygen atoms in total. The van der Waals surface area contributed by atoms with Crippen LogP contribution in [0, 0.1) is 12.8 Å². The SMILES string of the molecule is C=CCn1c(SCC(=O)Nc2nc(C)cs2)nnc1[C@H](NC(=O)c1ccccc1)C(C)C. The van der Waals surface area contributed by atoms with E-state index in [1.54, 1.807) is 18.2 Å². The summed E-state index contributed by atoms with van der Waals surface area (Å²) in [6.45, 7) is 10.2. The maximum atomic E-state index is 12.7. The van der Waals surface area contributed by atoms with Crippen molar-refractivity contribution in [3.63, 3.8) is 0 Å². The average molecular weight is 471 g/mol. The number of rotatable bonds is 10. The molecule has 0 aliphatic carbocycles. The summed E-state index contributed by atoms with van der Waals surface area (Å²) in [6.07, 6.45) is 1.74. The van der Waals surface area contributed by atoms with Gasteiger partial charge in [-0.15, -0.1) is 28.1 Å². The molecule has 0 spiro atoms. The fourth-order valence-electron chi connectivity index (χ4n) is 2.98. The standard InChI is InChI=1S/C22H26N6O2S2/c1-5-11-28-19(18(14(2)3)25-20(30)16-9-7-6-8-10-16)26-27-22(28)32-13-17(29)24-21-23-15(4)12-31-21/h5-10,12,14,18H,1,11,13H2,2-4H3,(H,25,30)(H,23,24,29)/t18-/m1/s1. The van der Waals surface area contributed by atoms with Crippen molar-refractivity contribution in [2.24, 2.45) is 5.92 Å². The van der Waals surface area contributed by atoms with Gasteiger partial charge >= 0.3 is 0 Å². The summed E-state index contributed by atoms with van der Waals surface area (Å²) in [5, 5.41) is 17.5. The number of hydrogen-bond acceptors (Lipinski definition) is 7.